The maximum Gasteiger partial charge on any atom is 1.00 e. The number of aromatic nitrogens is 1. The summed E-state index contributed by atoms with van der Waals surface area (Å²) in [6, 6.07) is 8.06. The topological polar surface area (TPSA) is 82.5 Å². The zero-order valence-corrected chi connectivity index (χ0v) is 16.5. The van der Waals surface area contributed by atoms with Crippen LogP contribution in [0.3, 0.4) is 0 Å². The van der Waals surface area contributed by atoms with Gasteiger partial charge in [-0.3, -0.25) is 4.98 Å². The van der Waals surface area contributed by atoms with E-state index in [0.717, 1.165) is 29.3 Å². The molecule has 0 saturated carbocycles. The van der Waals surface area contributed by atoms with Gasteiger partial charge in [0.15, 0.2) is 0 Å². The third kappa shape index (κ3) is 5.99. The normalized spacial score (nSPS) is 12.2. The molecule has 5 nitrogen and oxygen atoms in total. The van der Waals surface area contributed by atoms with Gasteiger partial charge in [-0.25, -0.2) is 4.39 Å². The number of pyridine rings is 1. The molecule has 0 N–H and O–H groups in total. The Hall–Kier alpha value is -1.25. The maximum absolute atomic E-state index is 12.9. The Labute approximate surface area is 166 Å². The van der Waals surface area contributed by atoms with Crippen molar-refractivity contribution in [2.24, 2.45) is 4.40 Å². The third-order valence-corrected chi connectivity index (χ3v) is 3.91. The van der Waals surface area contributed by atoms with Gasteiger partial charge in [-0.1, -0.05) is 17.7 Å². The van der Waals surface area contributed by atoms with Crippen LogP contribution in [0.4, 0.5) is 4.39 Å². The van der Waals surface area contributed by atoms with Gasteiger partial charge in [0.1, 0.15) is 5.82 Å². The second-order valence-corrected chi connectivity index (χ2v) is 6.43. The van der Waals surface area contributed by atoms with Gasteiger partial charge in [0, 0.05) is 17.2 Å². The molecule has 2 aromatic rings. The van der Waals surface area contributed by atoms with Crippen molar-refractivity contribution in [3.05, 3.63) is 69.6 Å². The molecule has 24 heavy (non-hydrogen) atoms. The molecule has 0 atom stereocenters. The molecule has 0 unspecified atom stereocenters. The first kappa shape index (κ1) is 20.8. The van der Waals surface area contributed by atoms with E-state index in [9.17, 15) is 17.9 Å². The first-order chi connectivity index (χ1) is 10.8. The van der Waals surface area contributed by atoms with Gasteiger partial charge in [-0.2, -0.15) is 12.8 Å². The minimum atomic E-state index is -4.16. The van der Waals surface area contributed by atoms with E-state index in [2.05, 4.69) is 9.38 Å². The summed E-state index contributed by atoms with van der Waals surface area (Å²) in [6.07, 6.45) is 1.23. The second kappa shape index (κ2) is 8.73. The minimum absolute atomic E-state index is 0. The predicted octanol–water partition coefficient (Wildman–Crippen LogP) is -0.706. The summed E-state index contributed by atoms with van der Waals surface area (Å²) in [4.78, 5) is 4.10. The number of hydrogen-bond acceptors (Lipinski definition) is 4. The van der Waals surface area contributed by atoms with Crippen LogP contribution in [0.25, 0.3) is 6.08 Å². The van der Waals surface area contributed by atoms with Crippen LogP contribution in [0.15, 0.2) is 46.2 Å². The van der Waals surface area contributed by atoms with E-state index in [1.807, 2.05) is 0 Å². The van der Waals surface area contributed by atoms with Crippen LogP contribution in [0, 0.1) is 12.7 Å². The molecule has 0 aliphatic rings. The summed E-state index contributed by atoms with van der Waals surface area (Å²) in [5, 5.41) is 12.4. The average Bonchev–Trinajstić information content (AvgIpc) is 2.44. The van der Waals surface area contributed by atoms with E-state index in [4.69, 9.17) is 11.6 Å². The fraction of sp³-hybridized carbons (Fsp3) is 0.0667. The summed E-state index contributed by atoms with van der Waals surface area (Å²) in [6.45, 7) is 1.76. The number of nitrogens with zero attached hydrogens (tertiary/aromatic N) is 2. The van der Waals surface area contributed by atoms with Crippen molar-refractivity contribution >= 4 is 33.6 Å². The molecular weight excluding hydrogens is 366 g/mol. The van der Waals surface area contributed by atoms with Crippen molar-refractivity contribution < 1.29 is 47.5 Å². The number of sulfonamides is 1. The number of benzene rings is 1. The fourth-order valence-electron chi connectivity index (χ4n) is 1.67. The van der Waals surface area contributed by atoms with Crippen molar-refractivity contribution in [2.45, 2.75) is 6.92 Å². The molecule has 1 heterocycles. The quantitative estimate of drug-likeness (QED) is 0.401. The smallest absolute Gasteiger partial charge is 0.858 e. The molecule has 0 amide bonds. The van der Waals surface area contributed by atoms with Crippen LogP contribution in [0.2, 0.25) is 5.02 Å². The van der Waals surface area contributed by atoms with Crippen LogP contribution >= 0.6 is 11.6 Å². The van der Waals surface area contributed by atoms with E-state index in [1.54, 1.807) is 25.1 Å². The number of aryl methyl sites for hydroxylation is 1. The van der Waals surface area contributed by atoms with Gasteiger partial charge in [-0.15, -0.1) is 0 Å². The van der Waals surface area contributed by atoms with E-state index >= 15 is 0 Å². The van der Waals surface area contributed by atoms with Crippen molar-refractivity contribution in [1.29, 1.82) is 0 Å². The third-order valence-electron chi connectivity index (χ3n) is 2.69. The Morgan fingerprint density at radius 1 is 1.33 bits per heavy atom. The van der Waals surface area contributed by atoms with Gasteiger partial charge >= 0.3 is 29.6 Å². The van der Waals surface area contributed by atoms with Crippen molar-refractivity contribution in [1.82, 2.24) is 4.98 Å². The summed E-state index contributed by atoms with van der Waals surface area (Å²) in [5.74, 6) is -1.71. The van der Waals surface area contributed by atoms with Crippen molar-refractivity contribution in [3.63, 3.8) is 0 Å². The first-order valence-corrected chi connectivity index (χ1v) is 8.24. The molecule has 0 fully saturated rings. The monoisotopic (exact) mass is 376 g/mol. The molecule has 1 aromatic heterocycles. The molecule has 9 heteroatoms. The summed E-state index contributed by atoms with van der Waals surface area (Å²) in [7, 11) is -4.16. The molecule has 2 rings (SSSR count). The zero-order valence-electron chi connectivity index (χ0n) is 12.9. The molecule has 120 valence electrons. The Bertz CT molecular complexity index is 901. The molecule has 0 saturated heterocycles. The van der Waals surface area contributed by atoms with Crippen LogP contribution in [-0.4, -0.2) is 19.3 Å². The van der Waals surface area contributed by atoms with Gasteiger partial charge in [-0.05, 0) is 43.3 Å². The number of hydrogen-bond donors (Lipinski definition) is 0. The first-order valence-electron chi connectivity index (χ1n) is 6.36. The fourth-order valence-corrected chi connectivity index (χ4v) is 2.62. The Balaban J connectivity index is 0.00000288. The standard InChI is InChI=1S/C15H12ClFN2O3S.Na/c1-10-3-2-4-12(18-10)7-8-23(21,22)19-15(20)13-6-5-11(17)9-14(13)16;/h2-9H,1H3,(H,19,20);/q;+1/p-1/b8-7+;. The minimum Gasteiger partial charge on any atom is -0.858 e. The molecular formula is C15H11ClFN2NaO3S. The van der Waals surface area contributed by atoms with Gasteiger partial charge < -0.3 is 5.11 Å². The Morgan fingerprint density at radius 2 is 2.04 bits per heavy atom. The summed E-state index contributed by atoms with van der Waals surface area (Å²) < 4.78 is 39.7. The molecule has 1 aromatic carbocycles. The molecule has 0 bridgehead atoms. The predicted molar refractivity (Wildman–Crippen MR) is 84.9 cm³/mol. The Morgan fingerprint density at radius 3 is 2.67 bits per heavy atom. The van der Waals surface area contributed by atoms with Crippen molar-refractivity contribution in [2.75, 3.05) is 0 Å². The van der Waals surface area contributed by atoms with E-state index in [1.165, 1.54) is 6.08 Å². The summed E-state index contributed by atoms with van der Waals surface area (Å²) in [5.41, 5.74) is 0.936. The van der Waals surface area contributed by atoms with Gasteiger partial charge in [0.2, 0.25) is 0 Å². The molecule has 0 radical (unpaired) electrons. The zero-order chi connectivity index (χ0) is 17.0. The van der Waals surface area contributed by atoms with Crippen LogP contribution in [0.1, 0.15) is 17.0 Å². The SMILES string of the molecule is Cc1cccc(/C=C/S(=O)(=O)/N=C(\[O-])c2ccc(F)cc2Cl)n1.[Na+]. The maximum atomic E-state index is 12.9. The van der Waals surface area contributed by atoms with Gasteiger partial charge in [0.25, 0.3) is 10.0 Å². The summed E-state index contributed by atoms with van der Waals surface area (Å²) >= 11 is 5.70. The number of halogens is 2. The van der Waals surface area contributed by atoms with E-state index < -0.39 is 21.7 Å². The largest absolute Gasteiger partial charge is 1.00 e. The van der Waals surface area contributed by atoms with Crippen LogP contribution in [-0.2, 0) is 10.0 Å². The molecule has 0 aliphatic heterocycles. The van der Waals surface area contributed by atoms with Crippen LogP contribution < -0.4 is 34.7 Å². The Kier molecular flexibility index (Phi) is 7.56. The second-order valence-electron chi connectivity index (χ2n) is 4.54. The number of rotatable bonds is 4. The molecule has 0 aliphatic carbocycles. The van der Waals surface area contributed by atoms with E-state index in [0.29, 0.717) is 5.69 Å². The average molecular weight is 377 g/mol. The van der Waals surface area contributed by atoms with Gasteiger partial charge in [0.05, 0.1) is 16.1 Å². The van der Waals surface area contributed by atoms with Crippen LogP contribution in [0.5, 0.6) is 0 Å². The van der Waals surface area contributed by atoms with Crippen molar-refractivity contribution in [3.8, 4) is 0 Å². The van der Waals surface area contributed by atoms with E-state index in [-0.39, 0.29) is 40.1 Å². The molecule has 0 spiro atoms.